The Kier molecular flexibility index (Phi) is 5.42. The van der Waals surface area contributed by atoms with Crippen LogP contribution in [0.3, 0.4) is 0 Å². The van der Waals surface area contributed by atoms with E-state index in [0.29, 0.717) is 5.95 Å². The zero-order valence-electron chi connectivity index (χ0n) is 30.3. The minimum absolute atomic E-state index is 0.202. The first-order valence-electron chi connectivity index (χ1n) is 19.1. The van der Waals surface area contributed by atoms with Crippen molar-refractivity contribution < 1.29 is 0 Å². The molecule has 256 valence electrons. The lowest BCUT2D eigenvalue weighted by atomic mass is 9.80. The van der Waals surface area contributed by atoms with E-state index in [1.807, 2.05) is 0 Å². The van der Waals surface area contributed by atoms with Crippen LogP contribution in [0.1, 0.15) is 25.0 Å². The first kappa shape index (κ1) is 29.4. The number of fused-ring (bicyclic) bond motifs is 12. The Morgan fingerprint density at radius 1 is 0.473 bits per heavy atom. The van der Waals surface area contributed by atoms with E-state index >= 15 is 0 Å². The van der Waals surface area contributed by atoms with Gasteiger partial charge in [0.15, 0.2) is 0 Å². The fourth-order valence-electron chi connectivity index (χ4n) is 10.4. The lowest BCUT2D eigenvalue weighted by Gasteiger charge is -2.23. The highest BCUT2D eigenvalue weighted by molar-refractivity contribution is 6.33. The molecule has 55 heavy (non-hydrogen) atoms. The van der Waals surface area contributed by atoms with Gasteiger partial charge in [0.2, 0.25) is 5.95 Å². The average Bonchev–Trinajstić information content (AvgIpc) is 3.79. The number of benzene rings is 8. The van der Waals surface area contributed by atoms with Crippen LogP contribution in [0.4, 0.5) is 0 Å². The van der Waals surface area contributed by atoms with Crippen molar-refractivity contribution in [2.45, 2.75) is 19.3 Å². The number of rotatable bonds is 2. The third-order valence-electron chi connectivity index (χ3n) is 12.6. The highest BCUT2D eigenvalue weighted by Crippen LogP contribution is 2.55. The van der Waals surface area contributed by atoms with Crippen LogP contribution in [-0.4, -0.2) is 18.9 Å². The number of hydrogen-bond donors (Lipinski definition) is 0. The quantitative estimate of drug-likeness (QED) is 0.168. The molecule has 0 saturated carbocycles. The predicted octanol–water partition coefficient (Wildman–Crippen LogP) is 13.0. The van der Waals surface area contributed by atoms with Gasteiger partial charge in [-0.1, -0.05) is 135 Å². The molecule has 4 heterocycles. The molecule has 8 aromatic carbocycles. The standard InChI is InChI=1S/C51H32N4/c1-51(2)37-21-10-8-18-32(37)35-28-36-33-19-9-11-22-39(33)54-41-24-13-25-42-46(41)44-34(45(47(35)51)49(36)54)20-12-23-40(44)55(42)50-52-38-27-26-29-14-6-7-17-31(29)43(38)48(53-50)30-15-4-3-5-16-30/h3-28H,1-2H3. The molecule has 0 radical (unpaired) electrons. The number of aromatic nitrogens is 4. The second kappa shape index (κ2) is 10.1. The van der Waals surface area contributed by atoms with Gasteiger partial charge in [-0.05, 0) is 74.8 Å². The molecule has 13 rings (SSSR count). The third kappa shape index (κ3) is 3.57. The van der Waals surface area contributed by atoms with Gasteiger partial charge in [0.05, 0.1) is 38.8 Å². The van der Waals surface area contributed by atoms with E-state index in [2.05, 4.69) is 181 Å². The Morgan fingerprint density at radius 3 is 2.05 bits per heavy atom. The van der Waals surface area contributed by atoms with Gasteiger partial charge in [-0.3, -0.25) is 4.57 Å². The SMILES string of the molecule is CC1(C)c2ccccc2-c2cc3c4ccccc4n4c5cccc6c5c5c(cccc5n6-c5nc(-c6ccccc6)c6c(ccc7ccccc76)n5)c(c21)c34. The van der Waals surface area contributed by atoms with E-state index in [1.54, 1.807) is 0 Å². The summed E-state index contributed by atoms with van der Waals surface area (Å²) in [7, 11) is 0. The van der Waals surface area contributed by atoms with E-state index in [0.717, 1.165) is 38.6 Å². The summed E-state index contributed by atoms with van der Waals surface area (Å²) < 4.78 is 4.87. The van der Waals surface area contributed by atoms with Crippen molar-refractivity contribution >= 4 is 81.6 Å². The Bertz CT molecular complexity index is 3620. The fourth-order valence-corrected chi connectivity index (χ4v) is 10.4. The van der Waals surface area contributed by atoms with E-state index in [4.69, 9.17) is 9.97 Å². The lowest BCUT2D eigenvalue weighted by molar-refractivity contribution is 0.666. The maximum atomic E-state index is 5.54. The molecule has 0 N–H and O–H groups in total. The third-order valence-corrected chi connectivity index (χ3v) is 12.6. The van der Waals surface area contributed by atoms with Crippen LogP contribution in [0, 0.1) is 0 Å². The monoisotopic (exact) mass is 700 g/mol. The van der Waals surface area contributed by atoms with Crippen molar-refractivity contribution in [2.24, 2.45) is 0 Å². The minimum atomic E-state index is -0.202. The normalized spacial score (nSPS) is 13.8. The minimum Gasteiger partial charge on any atom is -0.308 e. The van der Waals surface area contributed by atoms with Gasteiger partial charge in [-0.2, -0.15) is 0 Å². The van der Waals surface area contributed by atoms with Crippen LogP contribution >= 0.6 is 0 Å². The topological polar surface area (TPSA) is 35.1 Å². The van der Waals surface area contributed by atoms with Gasteiger partial charge >= 0.3 is 0 Å². The first-order valence-corrected chi connectivity index (χ1v) is 19.1. The highest BCUT2D eigenvalue weighted by Gasteiger charge is 2.39. The van der Waals surface area contributed by atoms with Crippen molar-refractivity contribution in [3.8, 4) is 28.3 Å². The summed E-state index contributed by atoms with van der Waals surface area (Å²) in [5.41, 5.74) is 14.1. The zero-order valence-corrected chi connectivity index (χ0v) is 30.3. The molecule has 4 aromatic heterocycles. The Hall–Kier alpha value is -7.04. The van der Waals surface area contributed by atoms with Gasteiger partial charge in [0, 0.05) is 43.3 Å². The fraction of sp³-hybridized carbons (Fsp3) is 0.0588. The predicted molar refractivity (Wildman–Crippen MR) is 229 cm³/mol. The molecule has 0 atom stereocenters. The van der Waals surface area contributed by atoms with E-state index in [-0.39, 0.29) is 5.41 Å². The molecule has 1 aliphatic rings. The summed E-state index contributed by atoms with van der Waals surface area (Å²) >= 11 is 0. The Labute approximate surface area is 315 Å². The van der Waals surface area contributed by atoms with E-state index in [1.165, 1.54) is 76.5 Å². The van der Waals surface area contributed by atoms with Crippen molar-refractivity contribution in [1.82, 2.24) is 18.9 Å². The van der Waals surface area contributed by atoms with Crippen molar-refractivity contribution in [1.29, 1.82) is 0 Å². The number of nitrogens with zero attached hydrogens (tertiary/aromatic N) is 4. The maximum absolute atomic E-state index is 5.54. The summed E-state index contributed by atoms with van der Waals surface area (Å²) in [6.45, 7) is 4.81. The Balaban J connectivity index is 1.26. The van der Waals surface area contributed by atoms with Crippen LogP contribution in [0.25, 0.3) is 110 Å². The Morgan fingerprint density at radius 2 is 1.16 bits per heavy atom. The van der Waals surface area contributed by atoms with E-state index < -0.39 is 0 Å². The molecule has 4 nitrogen and oxygen atoms in total. The second-order valence-electron chi connectivity index (χ2n) is 15.7. The van der Waals surface area contributed by atoms with Crippen molar-refractivity contribution in [2.75, 3.05) is 0 Å². The van der Waals surface area contributed by atoms with Crippen LogP contribution in [0.5, 0.6) is 0 Å². The molecule has 4 heteroatoms. The van der Waals surface area contributed by atoms with Gasteiger partial charge < -0.3 is 4.40 Å². The number of para-hydroxylation sites is 1. The van der Waals surface area contributed by atoms with Crippen molar-refractivity contribution in [3.05, 3.63) is 169 Å². The van der Waals surface area contributed by atoms with Crippen LogP contribution in [0.2, 0.25) is 0 Å². The number of hydrogen-bond acceptors (Lipinski definition) is 2. The summed E-state index contributed by atoms with van der Waals surface area (Å²) in [4.78, 5) is 11.0. The molecule has 0 saturated heterocycles. The molecule has 1 aliphatic carbocycles. The van der Waals surface area contributed by atoms with Crippen molar-refractivity contribution in [3.63, 3.8) is 0 Å². The molecule has 0 spiro atoms. The van der Waals surface area contributed by atoms with E-state index in [9.17, 15) is 0 Å². The molecular formula is C51H32N4. The van der Waals surface area contributed by atoms with Crippen LogP contribution in [0.15, 0.2) is 158 Å². The maximum Gasteiger partial charge on any atom is 0.235 e. The largest absolute Gasteiger partial charge is 0.308 e. The van der Waals surface area contributed by atoms with Crippen LogP contribution in [-0.2, 0) is 5.41 Å². The summed E-state index contributed by atoms with van der Waals surface area (Å²) in [5.74, 6) is 0.672. The van der Waals surface area contributed by atoms with Gasteiger partial charge in [0.1, 0.15) is 0 Å². The molecule has 0 fully saturated rings. The highest BCUT2D eigenvalue weighted by atomic mass is 15.2. The molecule has 0 aliphatic heterocycles. The van der Waals surface area contributed by atoms with Gasteiger partial charge in [0.25, 0.3) is 0 Å². The molecular weight excluding hydrogens is 669 g/mol. The lowest BCUT2D eigenvalue weighted by Crippen LogP contribution is -2.15. The molecule has 12 aromatic rings. The molecule has 0 bridgehead atoms. The zero-order chi connectivity index (χ0) is 36.2. The van der Waals surface area contributed by atoms with Gasteiger partial charge in [-0.25, -0.2) is 9.97 Å². The average molecular weight is 701 g/mol. The summed E-state index contributed by atoms with van der Waals surface area (Å²) in [6.07, 6.45) is 0. The smallest absolute Gasteiger partial charge is 0.235 e. The van der Waals surface area contributed by atoms with Gasteiger partial charge in [-0.15, -0.1) is 0 Å². The molecule has 0 unspecified atom stereocenters. The summed E-state index contributed by atoms with van der Waals surface area (Å²) in [6, 6.07) is 57.5. The second-order valence-corrected chi connectivity index (χ2v) is 15.7. The summed E-state index contributed by atoms with van der Waals surface area (Å²) in [5, 5.41) is 11.0. The first-order chi connectivity index (χ1) is 27.1. The van der Waals surface area contributed by atoms with Crippen LogP contribution < -0.4 is 0 Å². The molecule has 0 amide bonds.